The summed E-state index contributed by atoms with van der Waals surface area (Å²) in [4.78, 5) is 0. The fourth-order valence-electron chi connectivity index (χ4n) is 10.1. The Hall–Kier alpha value is -6.18. The molecule has 246 valence electrons. The fourth-order valence-corrected chi connectivity index (χ4v) is 10.1. The second-order valence-electron chi connectivity index (χ2n) is 14.9. The van der Waals surface area contributed by atoms with E-state index in [4.69, 9.17) is 4.74 Å². The molecule has 0 saturated heterocycles. The Morgan fingerprint density at radius 3 is 2.08 bits per heavy atom. The molecule has 52 heavy (non-hydrogen) atoms. The van der Waals surface area contributed by atoms with Crippen molar-refractivity contribution in [3.05, 3.63) is 220 Å². The van der Waals surface area contributed by atoms with Crippen LogP contribution in [0.25, 0.3) is 38.6 Å². The van der Waals surface area contributed by atoms with Crippen LogP contribution in [0.1, 0.15) is 52.8 Å². The number of allylic oxidation sites excluding steroid dienone is 6. The Labute approximate surface area is 304 Å². The molecule has 3 atom stereocenters. The first kappa shape index (κ1) is 29.5. The van der Waals surface area contributed by atoms with Gasteiger partial charge in [0.15, 0.2) is 0 Å². The monoisotopic (exact) mass is 664 g/mol. The van der Waals surface area contributed by atoms with Gasteiger partial charge in [-0.3, -0.25) is 0 Å². The highest BCUT2D eigenvalue weighted by atomic mass is 16.5. The molecule has 0 bridgehead atoms. The molecule has 0 amide bonds. The van der Waals surface area contributed by atoms with Crippen LogP contribution in [-0.4, -0.2) is 0 Å². The predicted molar refractivity (Wildman–Crippen MR) is 214 cm³/mol. The van der Waals surface area contributed by atoms with Gasteiger partial charge in [0.2, 0.25) is 0 Å². The Morgan fingerprint density at radius 1 is 0.519 bits per heavy atom. The number of ether oxygens (including phenoxy) is 1. The molecule has 1 nitrogen and oxygen atoms in total. The second kappa shape index (κ2) is 10.7. The summed E-state index contributed by atoms with van der Waals surface area (Å²) >= 11 is 0. The third kappa shape index (κ3) is 3.73. The summed E-state index contributed by atoms with van der Waals surface area (Å²) in [7, 11) is 0. The third-order valence-corrected chi connectivity index (χ3v) is 12.4. The van der Waals surface area contributed by atoms with Gasteiger partial charge in [-0.05, 0) is 109 Å². The Bertz CT molecular complexity index is 2740. The van der Waals surface area contributed by atoms with Gasteiger partial charge >= 0.3 is 0 Å². The van der Waals surface area contributed by atoms with Crippen LogP contribution < -0.4 is 4.74 Å². The lowest BCUT2D eigenvalue weighted by molar-refractivity contribution is 0.428. The zero-order valence-electron chi connectivity index (χ0n) is 29.2. The van der Waals surface area contributed by atoms with Crippen molar-refractivity contribution in [2.24, 2.45) is 5.92 Å². The van der Waals surface area contributed by atoms with Crippen LogP contribution in [0.2, 0.25) is 0 Å². The molecule has 0 N–H and O–H groups in total. The molecule has 1 heteroatoms. The van der Waals surface area contributed by atoms with Crippen molar-refractivity contribution in [1.29, 1.82) is 0 Å². The molecular weight excluding hydrogens is 629 g/mol. The Balaban J connectivity index is 1.20. The van der Waals surface area contributed by atoms with Crippen molar-refractivity contribution in [3.8, 4) is 33.8 Å². The van der Waals surface area contributed by atoms with Crippen LogP contribution >= 0.6 is 0 Å². The zero-order valence-corrected chi connectivity index (χ0v) is 29.2. The first-order valence-electron chi connectivity index (χ1n) is 18.4. The third-order valence-electron chi connectivity index (χ3n) is 12.4. The number of para-hydroxylation sites is 1. The molecule has 0 aromatic heterocycles. The molecule has 1 spiro atoms. The summed E-state index contributed by atoms with van der Waals surface area (Å²) in [6, 6.07) is 56.2. The Kier molecular flexibility index (Phi) is 6.06. The van der Waals surface area contributed by atoms with Gasteiger partial charge in [-0.25, -0.2) is 0 Å². The quantitative estimate of drug-likeness (QED) is 0.179. The molecule has 1 aliphatic heterocycles. The van der Waals surface area contributed by atoms with Gasteiger partial charge in [-0.2, -0.15) is 0 Å². The number of fused-ring (bicyclic) bond motifs is 12. The highest BCUT2D eigenvalue weighted by Gasteiger charge is 2.53. The van der Waals surface area contributed by atoms with Gasteiger partial charge in [0.25, 0.3) is 0 Å². The normalized spacial score (nSPS) is 21.5. The van der Waals surface area contributed by atoms with E-state index < -0.39 is 10.8 Å². The lowest BCUT2D eigenvalue weighted by Crippen LogP contribution is -2.30. The average molecular weight is 665 g/mol. The number of benzene rings is 7. The molecule has 7 aromatic carbocycles. The van der Waals surface area contributed by atoms with Gasteiger partial charge in [-0.1, -0.05) is 153 Å². The molecule has 3 aliphatic carbocycles. The number of rotatable bonds is 2. The van der Waals surface area contributed by atoms with Gasteiger partial charge in [0.05, 0.1) is 10.8 Å². The maximum Gasteiger partial charge on any atom is 0.132 e. The van der Waals surface area contributed by atoms with Crippen LogP contribution in [-0.2, 0) is 10.8 Å². The smallest absolute Gasteiger partial charge is 0.132 e. The van der Waals surface area contributed by atoms with Crippen LogP contribution in [0.4, 0.5) is 0 Å². The van der Waals surface area contributed by atoms with E-state index in [1.807, 2.05) is 0 Å². The van der Waals surface area contributed by atoms with Crippen molar-refractivity contribution >= 4 is 16.3 Å². The number of hydrogen-bond acceptors (Lipinski definition) is 1. The van der Waals surface area contributed by atoms with E-state index >= 15 is 0 Å². The predicted octanol–water partition coefficient (Wildman–Crippen LogP) is 12.8. The van der Waals surface area contributed by atoms with Gasteiger partial charge in [0, 0.05) is 17.0 Å². The SMILES string of the molecule is C[C@H]1C=CC=CC2=C1c1cc(-c3cccc4c3C(C)(c3ccccc3)c3ccccc3O4)ccc1C21c2ccccc2-c2cc3ccccc3cc21. The van der Waals surface area contributed by atoms with E-state index in [2.05, 4.69) is 190 Å². The van der Waals surface area contributed by atoms with Crippen molar-refractivity contribution in [2.75, 3.05) is 0 Å². The van der Waals surface area contributed by atoms with Crippen LogP contribution in [0.15, 0.2) is 182 Å². The lowest BCUT2D eigenvalue weighted by atomic mass is 9.67. The summed E-state index contributed by atoms with van der Waals surface area (Å²) in [5.74, 6) is 2.07. The van der Waals surface area contributed by atoms with Crippen molar-refractivity contribution in [3.63, 3.8) is 0 Å². The summed E-state index contributed by atoms with van der Waals surface area (Å²) < 4.78 is 6.73. The minimum absolute atomic E-state index is 0.240. The van der Waals surface area contributed by atoms with Gasteiger partial charge < -0.3 is 4.74 Å². The summed E-state index contributed by atoms with van der Waals surface area (Å²) in [6.07, 6.45) is 9.24. The minimum atomic E-state index is -0.418. The average Bonchev–Trinajstić information content (AvgIpc) is 3.55. The first-order chi connectivity index (χ1) is 25.6. The number of hydrogen-bond donors (Lipinski definition) is 0. The van der Waals surface area contributed by atoms with Gasteiger partial charge in [0.1, 0.15) is 11.5 Å². The van der Waals surface area contributed by atoms with E-state index in [1.165, 1.54) is 83.1 Å². The van der Waals surface area contributed by atoms with Crippen molar-refractivity contribution < 1.29 is 4.74 Å². The lowest BCUT2D eigenvalue weighted by Gasteiger charge is -2.39. The van der Waals surface area contributed by atoms with Crippen LogP contribution in [0, 0.1) is 5.92 Å². The van der Waals surface area contributed by atoms with E-state index in [-0.39, 0.29) is 5.92 Å². The molecule has 2 unspecified atom stereocenters. The molecule has 0 radical (unpaired) electrons. The van der Waals surface area contributed by atoms with E-state index in [1.54, 1.807) is 0 Å². The summed E-state index contributed by atoms with van der Waals surface area (Å²) in [5, 5.41) is 2.56. The van der Waals surface area contributed by atoms with Crippen molar-refractivity contribution in [2.45, 2.75) is 24.7 Å². The molecule has 1 heterocycles. The maximum absolute atomic E-state index is 6.73. The van der Waals surface area contributed by atoms with E-state index in [9.17, 15) is 0 Å². The summed E-state index contributed by atoms with van der Waals surface area (Å²) in [6.45, 7) is 4.73. The second-order valence-corrected chi connectivity index (χ2v) is 14.9. The molecule has 0 fully saturated rings. The molecule has 4 aliphatic rings. The maximum atomic E-state index is 6.73. The van der Waals surface area contributed by atoms with E-state index in [0.717, 1.165) is 11.5 Å². The molecular formula is C51H36O. The standard InChI is InChI=1S/C51H36O/c1-32-15-6-10-24-44-48(32)40-30-35(37-21-14-26-47-49(37)50(2,36-18-4-3-5-19-36)43-23-12-13-25-46(43)52-47)27-28-42(40)51(44)41-22-11-9-20-38(41)39-29-33-16-7-8-17-34(33)31-45(39)51/h3-32H,1-2H3/t32-,50?,51?/m0/s1. The molecule has 7 aromatic rings. The molecule has 11 rings (SSSR count). The minimum Gasteiger partial charge on any atom is -0.457 e. The topological polar surface area (TPSA) is 9.23 Å². The fraction of sp³-hybridized carbons (Fsp3) is 0.0980. The zero-order chi connectivity index (χ0) is 34.6. The summed E-state index contributed by atoms with van der Waals surface area (Å²) in [5.41, 5.74) is 16.1. The first-order valence-corrected chi connectivity index (χ1v) is 18.4. The molecule has 0 saturated carbocycles. The Morgan fingerprint density at radius 2 is 1.21 bits per heavy atom. The largest absolute Gasteiger partial charge is 0.457 e. The van der Waals surface area contributed by atoms with Crippen molar-refractivity contribution in [1.82, 2.24) is 0 Å². The van der Waals surface area contributed by atoms with Crippen LogP contribution in [0.5, 0.6) is 11.5 Å². The highest BCUT2D eigenvalue weighted by Crippen LogP contribution is 2.64. The highest BCUT2D eigenvalue weighted by molar-refractivity contribution is 6.01. The van der Waals surface area contributed by atoms with Gasteiger partial charge in [-0.15, -0.1) is 0 Å². The van der Waals surface area contributed by atoms with Crippen LogP contribution in [0.3, 0.4) is 0 Å². The van der Waals surface area contributed by atoms with E-state index in [0.29, 0.717) is 0 Å².